The number of hydrogen-bond donors (Lipinski definition) is 1. The Hall–Kier alpha value is -1.91. The minimum absolute atomic E-state index is 0.124. The molecule has 0 N–H and O–H groups in total. The van der Waals surface area contributed by atoms with Crippen LogP contribution < -0.4 is 0 Å². The molecule has 24 heavy (non-hydrogen) atoms. The molecule has 0 spiro atoms. The molecule has 0 radical (unpaired) electrons. The zero-order valence-corrected chi connectivity index (χ0v) is 14.7. The number of carbonyl (C=O) groups excluding carboxylic acids is 1. The van der Waals surface area contributed by atoms with Crippen LogP contribution in [-0.2, 0) is 14.8 Å². The van der Waals surface area contributed by atoms with Gasteiger partial charge in [0.25, 0.3) is 11.6 Å². The number of nitro benzene ring substituents is 1. The number of nitro groups is 1. The van der Waals surface area contributed by atoms with Crippen molar-refractivity contribution >= 4 is 39.8 Å². The van der Waals surface area contributed by atoms with Gasteiger partial charge in [-0.25, -0.2) is 8.42 Å². The van der Waals surface area contributed by atoms with E-state index in [2.05, 4.69) is 19.2 Å². The summed E-state index contributed by atoms with van der Waals surface area (Å²) in [7, 11) is -3.28. The van der Waals surface area contributed by atoms with E-state index in [-0.39, 0.29) is 48.2 Å². The summed E-state index contributed by atoms with van der Waals surface area (Å²) in [6, 6.07) is 4.24. The molecule has 1 aromatic carbocycles. The van der Waals surface area contributed by atoms with Crippen molar-refractivity contribution in [3.8, 4) is 0 Å². The lowest BCUT2D eigenvalue weighted by Gasteiger charge is -2.33. The quantitative estimate of drug-likeness (QED) is 0.368. The van der Waals surface area contributed by atoms with E-state index in [0.717, 1.165) is 6.26 Å². The Bertz CT molecular complexity index is 799. The summed E-state index contributed by atoms with van der Waals surface area (Å²) in [5, 5.41) is 11.0. The van der Waals surface area contributed by atoms with Crippen LogP contribution >= 0.6 is 12.6 Å². The summed E-state index contributed by atoms with van der Waals surface area (Å²) in [6.45, 7) is 4.65. The van der Waals surface area contributed by atoms with Gasteiger partial charge >= 0.3 is 0 Å². The van der Waals surface area contributed by atoms with E-state index in [9.17, 15) is 23.3 Å². The summed E-state index contributed by atoms with van der Waals surface area (Å²) in [5.74, 6) is -0.371. The van der Waals surface area contributed by atoms with Crippen LogP contribution in [0.1, 0.15) is 5.56 Å². The highest BCUT2D eigenvalue weighted by Crippen LogP contribution is 2.27. The van der Waals surface area contributed by atoms with Gasteiger partial charge in [0.15, 0.2) is 0 Å². The first-order valence-electron chi connectivity index (χ1n) is 7.02. The molecule has 1 aliphatic rings. The Balaban J connectivity index is 2.13. The standard InChI is InChI=1S/C14H17N3O5S2/c1-10(11-3-4-13(23)12(9-11)17(19)20)14(18)15-5-7-16(8-6-15)24(2,21)22/h3-4,9,23H,1,5-8H2,2H3. The molecule has 0 unspecified atom stereocenters. The molecular weight excluding hydrogens is 354 g/mol. The maximum Gasteiger partial charge on any atom is 0.283 e. The normalized spacial score (nSPS) is 16.0. The van der Waals surface area contributed by atoms with Gasteiger partial charge in [-0.15, -0.1) is 12.6 Å². The summed E-state index contributed by atoms with van der Waals surface area (Å²) < 4.78 is 24.3. The van der Waals surface area contributed by atoms with Gasteiger partial charge < -0.3 is 4.90 Å². The molecule has 130 valence electrons. The van der Waals surface area contributed by atoms with Gasteiger partial charge in [-0.3, -0.25) is 14.9 Å². The van der Waals surface area contributed by atoms with Crippen LogP contribution in [0.4, 0.5) is 5.69 Å². The van der Waals surface area contributed by atoms with E-state index in [0.29, 0.717) is 5.56 Å². The van der Waals surface area contributed by atoms with Crippen LogP contribution in [-0.4, -0.2) is 60.9 Å². The number of sulfonamides is 1. The number of thiol groups is 1. The smallest absolute Gasteiger partial charge is 0.283 e. The average molecular weight is 371 g/mol. The van der Waals surface area contributed by atoms with Crippen molar-refractivity contribution in [3.05, 3.63) is 40.5 Å². The molecule has 1 amide bonds. The van der Waals surface area contributed by atoms with Gasteiger partial charge in [0.05, 0.1) is 16.1 Å². The zero-order valence-electron chi connectivity index (χ0n) is 13.0. The summed E-state index contributed by atoms with van der Waals surface area (Å²) >= 11 is 4.01. The van der Waals surface area contributed by atoms with Crippen molar-refractivity contribution in [3.63, 3.8) is 0 Å². The maximum atomic E-state index is 12.5. The van der Waals surface area contributed by atoms with E-state index >= 15 is 0 Å². The molecule has 1 heterocycles. The van der Waals surface area contributed by atoms with Gasteiger partial charge in [0.2, 0.25) is 10.0 Å². The Morgan fingerprint density at radius 3 is 2.38 bits per heavy atom. The Morgan fingerprint density at radius 2 is 1.88 bits per heavy atom. The lowest BCUT2D eigenvalue weighted by Crippen LogP contribution is -2.50. The number of piperazine rings is 1. The highest BCUT2D eigenvalue weighted by Gasteiger charge is 2.27. The SMILES string of the molecule is C=C(C(=O)N1CCN(S(C)(=O)=O)CC1)c1ccc(S)c([N+](=O)[O-])c1. The predicted molar refractivity (Wildman–Crippen MR) is 92.4 cm³/mol. The van der Waals surface area contributed by atoms with Crippen molar-refractivity contribution < 1.29 is 18.1 Å². The number of carbonyl (C=O) groups is 1. The van der Waals surface area contributed by atoms with Crippen LogP contribution in [0.3, 0.4) is 0 Å². The van der Waals surface area contributed by atoms with E-state index in [4.69, 9.17) is 0 Å². The van der Waals surface area contributed by atoms with E-state index in [1.165, 1.54) is 21.3 Å². The molecule has 1 saturated heterocycles. The fourth-order valence-electron chi connectivity index (χ4n) is 2.39. The van der Waals surface area contributed by atoms with Crippen molar-refractivity contribution in [2.24, 2.45) is 0 Å². The van der Waals surface area contributed by atoms with E-state index in [1.54, 1.807) is 6.07 Å². The fourth-order valence-corrected chi connectivity index (χ4v) is 3.44. The molecule has 0 aromatic heterocycles. The molecule has 0 atom stereocenters. The third-order valence-electron chi connectivity index (χ3n) is 3.77. The minimum Gasteiger partial charge on any atom is -0.336 e. The molecule has 2 rings (SSSR count). The lowest BCUT2D eigenvalue weighted by molar-refractivity contribution is -0.387. The zero-order chi connectivity index (χ0) is 18.1. The number of hydrogen-bond acceptors (Lipinski definition) is 6. The highest BCUT2D eigenvalue weighted by molar-refractivity contribution is 7.88. The number of rotatable bonds is 4. The summed E-state index contributed by atoms with van der Waals surface area (Å²) in [6.07, 6.45) is 1.13. The largest absolute Gasteiger partial charge is 0.336 e. The average Bonchev–Trinajstić information content (AvgIpc) is 2.53. The molecule has 1 aliphatic heterocycles. The van der Waals surface area contributed by atoms with Gasteiger partial charge in [-0.1, -0.05) is 12.6 Å². The Kier molecular flexibility index (Phi) is 5.31. The molecule has 0 aliphatic carbocycles. The van der Waals surface area contributed by atoms with Gasteiger partial charge in [0, 0.05) is 37.8 Å². The summed E-state index contributed by atoms with van der Waals surface area (Å²) in [5.41, 5.74) is 0.265. The van der Waals surface area contributed by atoms with Crippen LogP contribution in [0.2, 0.25) is 0 Å². The summed E-state index contributed by atoms with van der Waals surface area (Å²) in [4.78, 5) is 24.6. The first kappa shape index (κ1) is 18.4. The molecule has 0 bridgehead atoms. The molecular formula is C14H17N3O5S2. The van der Waals surface area contributed by atoms with E-state index < -0.39 is 14.9 Å². The molecule has 8 nitrogen and oxygen atoms in total. The second kappa shape index (κ2) is 6.91. The van der Waals surface area contributed by atoms with Crippen molar-refractivity contribution in [2.75, 3.05) is 32.4 Å². The van der Waals surface area contributed by atoms with Crippen LogP contribution in [0.25, 0.3) is 5.57 Å². The van der Waals surface area contributed by atoms with Crippen molar-refractivity contribution in [1.82, 2.24) is 9.21 Å². The van der Waals surface area contributed by atoms with Gasteiger partial charge in [-0.2, -0.15) is 4.31 Å². The van der Waals surface area contributed by atoms with Crippen molar-refractivity contribution in [2.45, 2.75) is 4.90 Å². The Morgan fingerprint density at radius 1 is 1.29 bits per heavy atom. The highest BCUT2D eigenvalue weighted by atomic mass is 32.2. The first-order valence-corrected chi connectivity index (χ1v) is 9.32. The third kappa shape index (κ3) is 3.94. The van der Waals surface area contributed by atoms with E-state index in [1.807, 2.05) is 0 Å². The van der Waals surface area contributed by atoms with Crippen LogP contribution in [0, 0.1) is 10.1 Å². The lowest BCUT2D eigenvalue weighted by atomic mass is 10.1. The minimum atomic E-state index is -3.28. The molecule has 0 saturated carbocycles. The molecule has 10 heteroatoms. The number of benzene rings is 1. The second-order valence-electron chi connectivity index (χ2n) is 5.39. The second-order valence-corrected chi connectivity index (χ2v) is 7.86. The van der Waals surface area contributed by atoms with Crippen LogP contribution in [0.5, 0.6) is 0 Å². The number of nitrogens with zero attached hydrogens (tertiary/aromatic N) is 3. The molecule has 1 fully saturated rings. The third-order valence-corrected chi connectivity index (χ3v) is 5.45. The van der Waals surface area contributed by atoms with Crippen LogP contribution in [0.15, 0.2) is 29.7 Å². The number of amides is 1. The maximum absolute atomic E-state index is 12.5. The fraction of sp³-hybridized carbons (Fsp3) is 0.357. The van der Waals surface area contributed by atoms with Gasteiger partial charge in [-0.05, 0) is 11.6 Å². The Labute approximate surface area is 145 Å². The van der Waals surface area contributed by atoms with Gasteiger partial charge in [0.1, 0.15) is 0 Å². The predicted octanol–water partition coefficient (Wildman–Crippen LogP) is 1.00. The monoisotopic (exact) mass is 371 g/mol. The first-order chi connectivity index (χ1) is 11.1. The topological polar surface area (TPSA) is 101 Å². The van der Waals surface area contributed by atoms with Crippen molar-refractivity contribution in [1.29, 1.82) is 0 Å². The molecule has 1 aromatic rings.